The minimum absolute atomic E-state index is 0.577. The molecule has 0 spiro atoms. The van der Waals surface area contributed by atoms with E-state index in [4.69, 9.17) is 0 Å². The van der Waals surface area contributed by atoms with Crippen molar-refractivity contribution in [3.8, 4) is 0 Å². The van der Waals surface area contributed by atoms with Crippen LogP contribution < -0.4 is 0 Å². The second kappa shape index (κ2) is 4.25. The molecule has 18 heavy (non-hydrogen) atoms. The standard InChI is InChI=1S/C15H13NS2/c1-2-4-14-11(3-1)13(9-16-14)10-5-7-17-15-12(10)6-8-18-15/h1-6,8-9,12,15-16H,7H2. The average Bonchev–Trinajstić information content (AvgIpc) is 3.05. The lowest BCUT2D eigenvalue weighted by Crippen LogP contribution is -2.14. The summed E-state index contributed by atoms with van der Waals surface area (Å²) in [6, 6.07) is 8.56. The number of hydrogen-bond acceptors (Lipinski definition) is 2. The summed E-state index contributed by atoms with van der Waals surface area (Å²) in [5.41, 5.74) is 4.11. The maximum absolute atomic E-state index is 3.39. The highest BCUT2D eigenvalue weighted by Gasteiger charge is 2.31. The Morgan fingerprint density at radius 3 is 3.17 bits per heavy atom. The van der Waals surface area contributed by atoms with Gasteiger partial charge in [-0.05, 0) is 17.0 Å². The lowest BCUT2D eigenvalue weighted by molar-refractivity contribution is 0.947. The molecule has 4 rings (SSSR count). The van der Waals surface area contributed by atoms with Gasteiger partial charge in [-0.2, -0.15) is 0 Å². The van der Waals surface area contributed by atoms with Crippen LogP contribution in [0.5, 0.6) is 0 Å². The molecule has 2 aromatic rings. The van der Waals surface area contributed by atoms with Crippen LogP contribution in [0.25, 0.3) is 16.5 Å². The number of para-hydroxylation sites is 1. The molecule has 0 aliphatic carbocycles. The molecule has 0 fully saturated rings. The zero-order chi connectivity index (χ0) is 11.9. The van der Waals surface area contributed by atoms with E-state index in [1.165, 1.54) is 22.0 Å². The Hall–Kier alpha value is -1.06. The monoisotopic (exact) mass is 271 g/mol. The summed E-state index contributed by atoms with van der Waals surface area (Å²) in [6.45, 7) is 0. The number of aromatic amines is 1. The lowest BCUT2D eigenvalue weighted by Gasteiger charge is -2.25. The van der Waals surface area contributed by atoms with Gasteiger partial charge in [0.1, 0.15) is 0 Å². The SMILES string of the molecule is C1=CC2C(c3c[nH]c4ccccc34)=CCSC2S1. The first-order chi connectivity index (χ1) is 8.93. The van der Waals surface area contributed by atoms with Crippen LogP contribution in [-0.4, -0.2) is 15.3 Å². The Morgan fingerprint density at radius 2 is 2.17 bits per heavy atom. The first-order valence-electron chi connectivity index (χ1n) is 6.14. The maximum atomic E-state index is 3.39. The summed E-state index contributed by atoms with van der Waals surface area (Å²) in [7, 11) is 0. The Labute approximate surface area is 115 Å². The predicted octanol–water partition coefficient (Wildman–Crippen LogP) is 4.50. The number of hydrogen-bond donors (Lipinski definition) is 1. The van der Waals surface area contributed by atoms with Gasteiger partial charge in [-0.15, -0.1) is 23.5 Å². The van der Waals surface area contributed by atoms with Crippen molar-refractivity contribution in [3.05, 3.63) is 53.6 Å². The van der Waals surface area contributed by atoms with Crippen LogP contribution in [0.4, 0.5) is 0 Å². The highest BCUT2D eigenvalue weighted by molar-refractivity contribution is 8.18. The van der Waals surface area contributed by atoms with Crippen LogP contribution in [-0.2, 0) is 0 Å². The van der Waals surface area contributed by atoms with E-state index in [9.17, 15) is 0 Å². The summed E-state index contributed by atoms with van der Waals surface area (Å²) in [5.74, 6) is 1.71. The summed E-state index contributed by atoms with van der Waals surface area (Å²) < 4.78 is 0.679. The summed E-state index contributed by atoms with van der Waals surface area (Å²) in [6.07, 6.45) is 6.92. The van der Waals surface area contributed by atoms with Gasteiger partial charge in [0.25, 0.3) is 0 Å². The topological polar surface area (TPSA) is 15.8 Å². The van der Waals surface area contributed by atoms with E-state index < -0.39 is 0 Å². The molecule has 2 unspecified atom stereocenters. The quantitative estimate of drug-likeness (QED) is 0.821. The van der Waals surface area contributed by atoms with Crippen LogP contribution in [0.1, 0.15) is 5.56 Å². The van der Waals surface area contributed by atoms with Gasteiger partial charge in [0.15, 0.2) is 0 Å². The van der Waals surface area contributed by atoms with Gasteiger partial charge >= 0.3 is 0 Å². The maximum Gasteiger partial charge on any atom is 0.0650 e. The van der Waals surface area contributed by atoms with Crippen molar-refractivity contribution in [1.82, 2.24) is 4.98 Å². The van der Waals surface area contributed by atoms with E-state index >= 15 is 0 Å². The second-order valence-corrected chi connectivity index (χ2v) is 7.12. The second-order valence-electron chi connectivity index (χ2n) is 4.60. The average molecular weight is 271 g/mol. The number of nitrogens with one attached hydrogen (secondary N) is 1. The Morgan fingerprint density at radius 1 is 1.22 bits per heavy atom. The van der Waals surface area contributed by atoms with E-state index in [1.807, 2.05) is 11.8 Å². The zero-order valence-electron chi connectivity index (χ0n) is 9.80. The van der Waals surface area contributed by atoms with Gasteiger partial charge in [0.05, 0.1) is 4.58 Å². The van der Waals surface area contributed by atoms with Gasteiger partial charge in [0.2, 0.25) is 0 Å². The fourth-order valence-corrected chi connectivity index (χ4v) is 5.22. The summed E-state index contributed by atoms with van der Waals surface area (Å²) in [5, 5.41) is 3.61. The molecular formula is C15H13NS2. The van der Waals surface area contributed by atoms with E-state index in [0.29, 0.717) is 10.5 Å². The van der Waals surface area contributed by atoms with Crippen LogP contribution in [0, 0.1) is 5.92 Å². The molecule has 2 aliphatic heterocycles. The molecule has 1 aromatic heterocycles. The first-order valence-corrected chi connectivity index (χ1v) is 8.13. The van der Waals surface area contributed by atoms with Crippen LogP contribution in [0.2, 0.25) is 0 Å². The fraction of sp³-hybridized carbons (Fsp3) is 0.200. The van der Waals surface area contributed by atoms with Crippen LogP contribution in [0.15, 0.2) is 48.0 Å². The minimum atomic E-state index is 0.577. The molecule has 0 saturated carbocycles. The van der Waals surface area contributed by atoms with Crippen molar-refractivity contribution in [3.63, 3.8) is 0 Å². The number of allylic oxidation sites excluding steroid dienone is 2. The Balaban J connectivity index is 1.87. The third kappa shape index (κ3) is 1.57. The molecule has 1 nitrogen and oxygen atoms in total. The third-order valence-corrected chi connectivity index (χ3v) is 6.21. The third-order valence-electron chi connectivity index (χ3n) is 3.61. The predicted molar refractivity (Wildman–Crippen MR) is 82.7 cm³/mol. The molecule has 0 amide bonds. The molecule has 90 valence electrons. The summed E-state index contributed by atoms with van der Waals surface area (Å²) in [4.78, 5) is 3.39. The number of H-pyrrole nitrogens is 1. The van der Waals surface area contributed by atoms with Gasteiger partial charge in [0, 0.05) is 34.3 Å². The molecule has 1 N–H and O–H groups in total. The molecule has 0 bridgehead atoms. The molecule has 1 aromatic carbocycles. The fourth-order valence-electron chi connectivity index (χ4n) is 2.74. The molecule has 3 heteroatoms. The van der Waals surface area contributed by atoms with Crippen molar-refractivity contribution in [2.75, 3.05) is 5.75 Å². The van der Waals surface area contributed by atoms with Crippen molar-refractivity contribution in [1.29, 1.82) is 0 Å². The Kier molecular flexibility index (Phi) is 2.55. The van der Waals surface area contributed by atoms with E-state index in [0.717, 1.165) is 5.75 Å². The van der Waals surface area contributed by atoms with Crippen LogP contribution >= 0.6 is 23.5 Å². The minimum Gasteiger partial charge on any atom is -0.361 e. The Bertz CT molecular complexity index is 653. The molecule has 2 aliphatic rings. The molecule has 2 atom stereocenters. The van der Waals surface area contributed by atoms with Gasteiger partial charge < -0.3 is 4.98 Å². The van der Waals surface area contributed by atoms with Gasteiger partial charge in [-0.3, -0.25) is 0 Å². The lowest BCUT2D eigenvalue weighted by atomic mass is 9.93. The van der Waals surface area contributed by atoms with Gasteiger partial charge in [-0.1, -0.05) is 30.4 Å². The molecule has 3 heterocycles. The van der Waals surface area contributed by atoms with Crippen molar-refractivity contribution < 1.29 is 0 Å². The van der Waals surface area contributed by atoms with Crippen LogP contribution in [0.3, 0.4) is 0 Å². The normalized spacial score (nSPS) is 26.3. The highest BCUT2D eigenvalue weighted by atomic mass is 32.2. The first kappa shape index (κ1) is 10.8. The number of benzene rings is 1. The van der Waals surface area contributed by atoms with E-state index in [1.54, 1.807) is 0 Å². The van der Waals surface area contributed by atoms with Crippen molar-refractivity contribution >= 4 is 40.0 Å². The number of fused-ring (bicyclic) bond motifs is 2. The summed E-state index contributed by atoms with van der Waals surface area (Å²) >= 11 is 4.02. The highest BCUT2D eigenvalue weighted by Crippen LogP contribution is 2.48. The zero-order valence-corrected chi connectivity index (χ0v) is 11.4. The van der Waals surface area contributed by atoms with E-state index in [2.05, 4.69) is 64.8 Å². The number of rotatable bonds is 1. The van der Waals surface area contributed by atoms with Crippen molar-refractivity contribution in [2.24, 2.45) is 5.92 Å². The van der Waals surface area contributed by atoms with E-state index in [-0.39, 0.29) is 0 Å². The largest absolute Gasteiger partial charge is 0.361 e. The molecule has 0 saturated heterocycles. The smallest absolute Gasteiger partial charge is 0.0650 e. The number of aromatic nitrogens is 1. The van der Waals surface area contributed by atoms with Gasteiger partial charge in [-0.25, -0.2) is 0 Å². The molecule has 0 radical (unpaired) electrons. The molecular weight excluding hydrogens is 258 g/mol. The number of thioether (sulfide) groups is 2. The van der Waals surface area contributed by atoms with Crippen molar-refractivity contribution in [2.45, 2.75) is 4.58 Å².